The van der Waals surface area contributed by atoms with Crippen molar-refractivity contribution in [3.8, 4) is 0 Å². The molecule has 1 fully saturated rings. The summed E-state index contributed by atoms with van der Waals surface area (Å²) in [6.45, 7) is 2.31. The molecule has 1 aromatic heterocycles. The highest BCUT2D eigenvalue weighted by atomic mass is 35.5. The van der Waals surface area contributed by atoms with E-state index >= 15 is 0 Å². The largest absolute Gasteiger partial charge is 0.361 e. The second kappa shape index (κ2) is 9.79. The minimum absolute atomic E-state index is 0.0472. The average Bonchev–Trinajstić information content (AvgIpc) is 3.16. The number of amides is 1. The number of carbonyl (C=O) groups is 1. The van der Waals surface area contributed by atoms with Crippen LogP contribution in [0.3, 0.4) is 0 Å². The van der Waals surface area contributed by atoms with Crippen molar-refractivity contribution in [1.82, 2.24) is 15.2 Å². The second-order valence-electron chi connectivity index (χ2n) is 8.14. The lowest BCUT2D eigenvalue weighted by molar-refractivity contribution is -0.131. The first-order valence-electron chi connectivity index (χ1n) is 10.7. The number of hydrogen-bond acceptors (Lipinski definition) is 2. The zero-order valence-electron chi connectivity index (χ0n) is 17.3. The number of halogens is 3. The number of benzene rings is 2. The van der Waals surface area contributed by atoms with Gasteiger partial charge in [0.05, 0.1) is 11.4 Å². The van der Waals surface area contributed by atoms with Crippen molar-refractivity contribution in [1.29, 1.82) is 0 Å². The number of aromatic nitrogens is 1. The summed E-state index contributed by atoms with van der Waals surface area (Å²) >= 11 is 5.80. The fourth-order valence-corrected chi connectivity index (χ4v) is 4.41. The number of piperidine rings is 1. The Morgan fingerprint density at radius 3 is 2.74 bits per heavy atom. The molecule has 7 heteroatoms. The molecule has 0 aliphatic carbocycles. The molecule has 0 unspecified atom stereocenters. The van der Waals surface area contributed by atoms with Gasteiger partial charge < -0.3 is 15.2 Å². The number of aromatic amines is 1. The van der Waals surface area contributed by atoms with Gasteiger partial charge in [-0.3, -0.25) is 4.79 Å². The summed E-state index contributed by atoms with van der Waals surface area (Å²) in [5, 5.41) is 4.59. The molecule has 2 aromatic carbocycles. The summed E-state index contributed by atoms with van der Waals surface area (Å²) in [7, 11) is 0. The van der Waals surface area contributed by atoms with Crippen LogP contribution in [0.15, 0.2) is 42.6 Å². The predicted octanol–water partition coefficient (Wildman–Crippen LogP) is 4.86. The lowest BCUT2D eigenvalue weighted by Crippen LogP contribution is -2.45. The Hall–Kier alpha value is -2.44. The fourth-order valence-electron chi connectivity index (χ4n) is 4.21. The molecular formula is C24H26ClF2N3O. The molecule has 0 spiro atoms. The Labute approximate surface area is 185 Å². The molecule has 0 saturated carbocycles. The molecule has 1 aliphatic heterocycles. The maximum absolute atomic E-state index is 13.5. The average molecular weight is 446 g/mol. The van der Waals surface area contributed by atoms with Crippen LogP contribution in [0, 0.1) is 11.6 Å². The Kier molecular flexibility index (Phi) is 6.88. The number of carbonyl (C=O) groups excluding carboxylic acids is 1. The van der Waals surface area contributed by atoms with E-state index in [0.29, 0.717) is 19.1 Å². The molecule has 0 radical (unpaired) electrons. The summed E-state index contributed by atoms with van der Waals surface area (Å²) in [6, 6.07) is 9.64. The number of nitrogens with one attached hydrogen (secondary N) is 2. The smallest absolute Gasteiger partial charge is 0.226 e. The lowest BCUT2D eigenvalue weighted by atomic mass is 10.0. The summed E-state index contributed by atoms with van der Waals surface area (Å²) in [5.74, 6) is -0.635. The third-order valence-corrected chi connectivity index (χ3v) is 6.26. The van der Waals surface area contributed by atoms with Crippen molar-refractivity contribution >= 4 is 28.4 Å². The fraction of sp³-hybridized carbons (Fsp3) is 0.375. The van der Waals surface area contributed by atoms with Crippen LogP contribution in [0.1, 0.15) is 30.4 Å². The molecule has 31 heavy (non-hydrogen) atoms. The van der Waals surface area contributed by atoms with Crippen LogP contribution >= 0.6 is 11.6 Å². The lowest BCUT2D eigenvalue weighted by Gasteiger charge is -2.32. The quantitative estimate of drug-likeness (QED) is 0.510. The monoisotopic (exact) mass is 445 g/mol. The molecule has 1 saturated heterocycles. The number of aryl methyl sites for hydroxylation is 1. The normalized spacial score (nSPS) is 15.0. The van der Waals surface area contributed by atoms with E-state index in [4.69, 9.17) is 11.6 Å². The molecule has 4 rings (SSSR count). The van der Waals surface area contributed by atoms with Gasteiger partial charge in [-0.25, -0.2) is 8.78 Å². The highest BCUT2D eigenvalue weighted by Gasteiger charge is 2.22. The standard InChI is InChI=1S/C24H26ClF2N3O/c25-21-12-16(3-5-22(21)27)13-24(31)30-10-7-19(8-11-30)28-9-1-2-17-15-29-23-6-4-18(26)14-20(17)23/h3-6,12,14-15,19,28-29H,1-2,7-11,13H2. The molecule has 1 amide bonds. The van der Waals surface area contributed by atoms with Crippen LogP contribution in [0.5, 0.6) is 0 Å². The molecule has 164 valence electrons. The third kappa shape index (κ3) is 5.43. The first-order valence-corrected chi connectivity index (χ1v) is 11.1. The van der Waals surface area contributed by atoms with Crippen LogP contribution in [0.25, 0.3) is 10.9 Å². The van der Waals surface area contributed by atoms with E-state index < -0.39 is 5.82 Å². The maximum Gasteiger partial charge on any atom is 0.226 e. The molecule has 2 heterocycles. The van der Waals surface area contributed by atoms with E-state index in [2.05, 4.69) is 10.3 Å². The van der Waals surface area contributed by atoms with E-state index in [1.54, 1.807) is 18.2 Å². The molecule has 0 atom stereocenters. The van der Waals surface area contributed by atoms with Crippen LogP contribution in [0.2, 0.25) is 5.02 Å². The number of nitrogens with zero attached hydrogens (tertiary/aromatic N) is 1. The van der Waals surface area contributed by atoms with Gasteiger partial charge in [-0.15, -0.1) is 0 Å². The van der Waals surface area contributed by atoms with E-state index in [1.807, 2.05) is 11.1 Å². The Bertz CT molecular complexity index is 1060. The maximum atomic E-state index is 13.5. The SMILES string of the molecule is O=C(Cc1ccc(F)c(Cl)c1)N1CCC(NCCCc2c[nH]c3ccc(F)cc23)CC1. The Balaban J connectivity index is 1.18. The minimum Gasteiger partial charge on any atom is -0.361 e. The van der Waals surface area contributed by atoms with Crippen LogP contribution < -0.4 is 5.32 Å². The summed E-state index contributed by atoms with van der Waals surface area (Å²) in [6.07, 6.45) is 5.87. The number of hydrogen-bond donors (Lipinski definition) is 2. The van der Waals surface area contributed by atoms with Crippen molar-refractivity contribution in [3.05, 3.63) is 70.4 Å². The molecule has 2 N–H and O–H groups in total. The van der Waals surface area contributed by atoms with E-state index in [-0.39, 0.29) is 23.2 Å². The molecule has 4 nitrogen and oxygen atoms in total. The van der Waals surface area contributed by atoms with Crippen molar-refractivity contribution in [3.63, 3.8) is 0 Å². The number of likely N-dealkylation sites (tertiary alicyclic amines) is 1. The van der Waals surface area contributed by atoms with Crippen LogP contribution in [-0.2, 0) is 17.6 Å². The number of H-pyrrole nitrogens is 1. The van der Waals surface area contributed by atoms with E-state index in [9.17, 15) is 13.6 Å². The van der Waals surface area contributed by atoms with E-state index in [1.165, 1.54) is 18.2 Å². The first-order chi connectivity index (χ1) is 15.0. The predicted molar refractivity (Wildman–Crippen MR) is 119 cm³/mol. The zero-order valence-corrected chi connectivity index (χ0v) is 18.0. The summed E-state index contributed by atoms with van der Waals surface area (Å²) in [4.78, 5) is 17.6. The first kappa shape index (κ1) is 21.8. The summed E-state index contributed by atoms with van der Waals surface area (Å²) < 4.78 is 26.8. The topological polar surface area (TPSA) is 48.1 Å². The van der Waals surface area contributed by atoms with Crippen LogP contribution in [-0.4, -0.2) is 41.5 Å². The highest BCUT2D eigenvalue weighted by Crippen LogP contribution is 2.21. The van der Waals surface area contributed by atoms with Gasteiger partial charge in [-0.05, 0) is 73.7 Å². The van der Waals surface area contributed by atoms with Crippen molar-refractivity contribution in [2.75, 3.05) is 19.6 Å². The number of fused-ring (bicyclic) bond motifs is 1. The van der Waals surface area contributed by atoms with Gasteiger partial charge >= 0.3 is 0 Å². The zero-order chi connectivity index (χ0) is 21.8. The van der Waals surface area contributed by atoms with Gasteiger partial charge in [0.2, 0.25) is 5.91 Å². The van der Waals surface area contributed by atoms with Crippen molar-refractivity contribution < 1.29 is 13.6 Å². The van der Waals surface area contributed by atoms with E-state index in [0.717, 1.165) is 54.3 Å². The summed E-state index contributed by atoms with van der Waals surface area (Å²) in [5.41, 5.74) is 2.83. The van der Waals surface area contributed by atoms with Crippen molar-refractivity contribution in [2.45, 2.75) is 38.1 Å². The molecule has 1 aliphatic rings. The van der Waals surface area contributed by atoms with Gasteiger partial charge in [0, 0.05) is 36.2 Å². The third-order valence-electron chi connectivity index (χ3n) is 5.97. The highest BCUT2D eigenvalue weighted by molar-refractivity contribution is 6.30. The van der Waals surface area contributed by atoms with Gasteiger partial charge in [-0.2, -0.15) is 0 Å². The Morgan fingerprint density at radius 2 is 1.97 bits per heavy atom. The molecule has 3 aromatic rings. The molecular weight excluding hydrogens is 420 g/mol. The van der Waals surface area contributed by atoms with Crippen molar-refractivity contribution in [2.24, 2.45) is 0 Å². The molecule has 0 bridgehead atoms. The van der Waals surface area contributed by atoms with Gasteiger partial charge in [0.1, 0.15) is 11.6 Å². The second-order valence-corrected chi connectivity index (χ2v) is 8.55. The van der Waals surface area contributed by atoms with Gasteiger partial charge in [-0.1, -0.05) is 17.7 Å². The van der Waals surface area contributed by atoms with Gasteiger partial charge in [0.15, 0.2) is 0 Å². The number of rotatable bonds is 7. The van der Waals surface area contributed by atoms with Crippen LogP contribution in [0.4, 0.5) is 8.78 Å². The Morgan fingerprint density at radius 1 is 1.16 bits per heavy atom. The minimum atomic E-state index is -0.471. The van der Waals surface area contributed by atoms with Gasteiger partial charge in [0.25, 0.3) is 0 Å².